The van der Waals surface area contributed by atoms with Crippen LogP contribution in [0.25, 0.3) is 0 Å². The number of nitrogens with one attached hydrogen (secondary N) is 1. The predicted molar refractivity (Wildman–Crippen MR) is 114 cm³/mol. The minimum atomic E-state index is 0.102. The van der Waals surface area contributed by atoms with Crippen molar-refractivity contribution >= 4 is 17.4 Å². The minimum Gasteiger partial charge on any atom is -0.368 e. The molecule has 4 rings (SSSR count). The third kappa shape index (κ3) is 4.85. The summed E-state index contributed by atoms with van der Waals surface area (Å²) in [5.74, 6) is 0.610. The maximum absolute atomic E-state index is 12.8. The molecular formula is C24H30N3O2+. The highest BCUT2D eigenvalue weighted by Crippen LogP contribution is 2.17. The first kappa shape index (κ1) is 19.6. The van der Waals surface area contributed by atoms with Gasteiger partial charge in [-0.05, 0) is 12.1 Å². The van der Waals surface area contributed by atoms with E-state index in [0.29, 0.717) is 6.54 Å². The molecule has 0 aliphatic carbocycles. The molecule has 2 fully saturated rings. The van der Waals surface area contributed by atoms with Gasteiger partial charge in [0.2, 0.25) is 0 Å². The molecule has 2 heterocycles. The maximum atomic E-state index is 12.8. The minimum absolute atomic E-state index is 0.102. The SMILES string of the molecule is O=C(c1ccccc1)C1CC[NH+](CC(=O)N2CCN(c3ccccc3)CC2)CC1. The number of rotatable bonds is 5. The van der Waals surface area contributed by atoms with E-state index in [1.165, 1.54) is 10.6 Å². The van der Waals surface area contributed by atoms with Gasteiger partial charge in [0.25, 0.3) is 5.91 Å². The van der Waals surface area contributed by atoms with Crippen LogP contribution in [0.5, 0.6) is 0 Å². The van der Waals surface area contributed by atoms with Crippen molar-refractivity contribution in [1.82, 2.24) is 4.90 Å². The van der Waals surface area contributed by atoms with Gasteiger partial charge in [0.05, 0.1) is 13.1 Å². The Morgan fingerprint density at radius 2 is 1.41 bits per heavy atom. The van der Waals surface area contributed by atoms with Crippen molar-refractivity contribution in [2.24, 2.45) is 5.92 Å². The zero-order valence-electron chi connectivity index (χ0n) is 16.9. The molecule has 2 aromatic carbocycles. The van der Waals surface area contributed by atoms with E-state index < -0.39 is 0 Å². The summed E-state index contributed by atoms with van der Waals surface area (Å²) in [6.07, 6.45) is 1.75. The van der Waals surface area contributed by atoms with E-state index in [1.54, 1.807) is 0 Å². The molecule has 5 heteroatoms. The number of para-hydroxylation sites is 1. The monoisotopic (exact) mass is 392 g/mol. The normalized spacial score (nSPS) is 22.3. The topological polar surface area (TPSA) is 45.1 Å². The number of amides is 1. The highest BCUT2D eigenvalue weighted by molar-refractivity contribution is 5.97. The van der Waals surface area contributed by atoms with Crippen LogP contribution in [0.3, 0.4) is 0 Å². The molecule has 2 saturated heterocycles. The lowest BCUT2D eigenvalue weighted by Crippen LogP contribution is -3.14. The zero-order valence-corrected chi connectivity index (χ0v) is 16.9. The first-order chi connectivity index (χ1) is 14.2. The van der Waals surface area contributed by atoms with Crippen LogP contribution in [0.1, 0.15) is 23.2 Å². The fourth-order valence-corrected chi connectivity index (χ4v) is 4.48. The highest BCUT2D eigenvalue weighted by atomic mass is 16.2. The van der Waals surface area contributed by atoms with Crippen LogP contribution in [0, 0.1) is 5.92 Å². The number of piperidine rings is 1. The van der Waals surface area contributed by atoms with Crippen LogP contribution in [0.15, 0.2) is 60.7 Å². The van der Waals surface area contributed by atoms with Crippen molar-refractivity contribution in [3.05, 3.63) is 66.2 Å². The standard InChI is InChI=1S/C24H29N3O2/c28-23(27-17-15-26(16-18-27)22-9-5-2-6-10-22)19-25-13-11-21(12-14-25)24(29)20-7-3-1-4-8-20/h1-10,21H,11-19H2/p+1. The molecule has 0 aromatic heterocycles. The summed E-state index contributed by atoms with van der Waals surface area (Å²) in [7, 11) is 0. The van der Waals surface area contributed by atoms with Crippen LogP contribution in [-0.4, -0.2) is 62.4 Å². The molecule has 2 aliphatic heterocycles. The number of carbonyl (C=O) groups is 2. The first-order valence-electron chi connectivity index (χ1n) is 10.7. The van der Waals surface area contributed by atoms with Gasteiger partial charge in [0, 0.05) is 56.2 Å². The van der Waals surface area contributed by atoms with Gasteiger partial charge < -0.3 is 14.7 Å². The van der Waals surface area contributed by atoms with E-state index in [9.17, 15) is 9.59 Å². The van der Waals surface area contributed by atoms with Gasteiger partial charge in [0.1, 0.15) is 0 Å². The number of hydrogen-bond acceptors (Lipinski definition) is 3. The Morgan fingerprint density at radius 3 is 2.03 bits per heavy atom. The number of Topliss-reactive ketones (excluding diaryl/α,β-unsaturated/α-hetero) is 1. The molecule has 0 atom stereocenters. The van der Waals surface area contributed by atoms with E-state index in [1.807, 2.05) is 41.3 Å². The Labute approximate surface area is 172 Å². The van der Waals surface area contributed by atoms with Gasteiger partial charge >= 0.3 is 0 Å². The number of likely N-dealkylation sites (tertiary alicyclic amines) is 1. The van der Waals surface area contributed by atoms with Gasteiger partial charge in [0.15, 0.2) is 12.3 Å². The van der Waals surface area contributed by atoms with E-state index in [0.717, 1.165) is 57.7 Å². The molecule has 2 aromatic rings. The molecule has 152 valence electrons. The largest absolute Gasteiger partial charge is 0.368 e. The quantitative estimate of drug-likeness (QED) is 0.785. The fourth-order valence-electron chi connectivity index (χ4n) is 4.48. The summed E-state index contributed by atoms with van der Waals surface area (Å²) in [5, 5.41) is 0. The average Bonchev–Trinajstić information content (AvgIpc) is 2.80. The fraction of sp³-hybridized carbons (Fsp3) is 0.417. The molecule has 5 nitrogen and oxygen atoms in total. The van der Waals surface area contributed by atoms with E-state index in [4.69, 9.17) is 0 Å². The number of benzene rings is 2. The Kier molecular flexibility index (Phi) is 6.25. The summed E-state index contributed by atoms with van der Waals surface area (Å²) in [6, 6.07) is 20.0. The third-order valence-electron chi connectivity index (χ3n) is 6.28. The second-order valence-electron chi connectivity index (χ2n) is 8.13. The van der Waals surface area contributed by atoms with Crippen molar-refractivity contribution in [3.63, 3.8) is 0 Å². The third-order valence-corrected chi connectivity index (χ3v) is 6.28. The van der Waals surface area contributed by atoms with Crippen molar-refractivity contribution < 1.29 is 14.5 Å². The number of anilines is 1. The molecule has 0 unspecified atom stereocenters. The first-order valence-corrected chi connectivity index (χ1v) is 10.7. The lowest BCUT2D eigenvalue weighted by molar-refractivity contribution is -0.898. The van der Waals surface area contributed by atoms with E-state index in [2.05, 4.69) is 29.2 Å². The Hall–Kier alpha value is -2.66. The van der Waals surface area contributed by atoms with Gasteiger partial charge in [-0.25, -0.2) is 0 Å². The average molecular weight is 393 g/mol. The second kappa shape index (κ2) is 9.23. The Morgan fingerprint density at radius 1 is 0.828 bits per heavy atom. The zero-order chi connectivity index (χ0) is 20.1. The maximum Gasteiger partial charge on any atom is 0.277 e. The van der Waals surface area contributed by atoms with Gasteiger partial charge in [-0.1, -0.05) is 48.5 Å². The molecule has 0 bridgehead atoms. The number of ketones is 1. The summed E-state index contributed by atoms with van der Waals surface area (Å²) >= 11 is 0. The van der Waals surface area contributed by atoms with Crippen LogP contribution < -0.4 is 9.80 Å². The number of piperazine rings is 1. The molecule has 2 aliphatic rings. The smallest absolute Gasteiger partial charge is 0.277 e. The second-order valence-corrected chi connectivity index (χ2v) is 8.13. The molecule has 1 N–H and O–H groups in total. The molecule has 0 saturated carbocycles. The molecule has 0 radical (unpaired) electrons. The summed E-state index contributed by atoms with van der Waals surface area (Å²) in [4.78, 5) is 31.1. The van der Waals surface area contributed by atoms with Crippen molar-refractivity contribution in [2.45, 2.75) is 12.8 Å². The van der Waals surface area contributed by atoms with Crippen molar-refractivity contribution in [2.75, 3.05) is 50.7 Å². The molecule has 29 heavy (non-hydrogen) atoms. The Bertz CT molecular complexity index is 809. The number of hydrogen-bond donors (Lipinski definition) is 1. The van der Waals surface area contributed by atoms with Gasteiger partial charge in [-0.2, -0.15) is 0 Å². The van der Waals surface area contributed by atoms with Gasteiger partial charge in [-0.15, -0.1) is 0 Å². The Balaban J connectivity index is 1.22. The van der Waals surface area contributed by atoms with Crippen LogP contribution in [0.2, 0.25) is 0 Å². The summed E-state index contributed by atoms with van der Waals surface area (Å²) in [5.41, 5.74) is 2.05. The lowest BCUT2D eigenvalue weighted by atomic mass is 9.89. The summed E-state index contributed by atoms with van der Waals surface area (Å²) in [6.45, 7) is 5.71. The molecular weight excluding hydrogens is 362 g/mol. The molecule has 0 spiro atoms. The molecule has 1 amide bonds. The number of nitrogens with zero attached hydrogens (tertiary/aromatic N) is 2. The predicted octanol–water partition coefficient (Wildman–Crippen LogP) is 1.51. The lowest BCUT2D eigenvalue weighted by Gasteiger charge is -2.37. The number of quaternary nitrogens is 1. The number of carbonyl (C=O) groups excluding carboxylic acids is 2. The van der Waals surface area contributed by atoms with Crippen LogP contribution in [-0.2, 0) is 4.79 Å². The van der Waals surface area contributed by atoms with E-state index in [-0.39, 0.29) is 17.6 Å². The van der Waals surface area contributed by atoms with Crippen molar-refractivity contribution in [1.29, 1.82) is 0 Å². The summed E-state index contributed by atoms with van der Waals surface area (Å²) < 4.78 is 0. The van der Waals surface area contributed by atoms with Crippen LogP contribution >= 0.6 is 0 Å². The van der Waals surface area contributed by atoms with E-state index >= 15 is 0 Å². The highest BCUT2D eigenvalue weighted by Gasteiger charge is 2.30. The van der Waals surface area contributed by atoms with Crippen molar-refractivity contribution in [3.8, 4) is 0 Å². The van der Waals surface area contributed by atoms with Gasteiger partial charge in [-0.3, -0.25) is 9.59 Å². The van der Waals surface area contributed by atoms with Crippen LogP contribution in [0.4, 0.5) is 5.69 Å².